The molecule has 2 aliphatic rings. The first-order valence-corrected chi connectivity index (χ1v) is 9.94. The van der Waals surface area contributed by atoms with Crippen molar-refractivity contribution in [1.29, 1.82) is 0 Å². The van der Waals surface area contributed by atoms with Gasteiger partial charge in [-0.1, -0.05) is 18.2 Å². The minimum Gasteiger partial charge on any atom is -0.497 e. The predicted molar refractivity (Wildman–Crippen MR) is 105 cm³/mol. The zero-order chi connectivity index (χ0) is 18.6. The van der Waals surface area contributed by atoms with Gasteiger partial charge < -0.3 is 14.8 Å². The lowest BCUT2D eigenvalue weighted by atomic mass is 9.87. The predicted octanol–water partition coefficient (Wildman–Crippen LogP) is 4.15. The van der Waals surface area contributed by atoms with Gasteiger partial charge in [0.05, 0.1) is 13.2 Å². The summed E-state index contributed by atoms with van der Waals surface area (Å²) in [5.74, 6) is 1.69. The highest BCUT2D eigenvalue weighted by molar-refractivity contribution is 5.78. The number of amides is 1. The zero-order valence-electron chi connectivity index (χ0n) is 15.9. The molecule has 4 heteroatoms. The van der Waals surface area contributed by atoms with Crippen LogP contribution in [0.25, 0.3) is 0 Å². The number of rotatable bonds is 5. The Balaban J connectivity index is 1.40. The molecule has 4 rings (SSSR count). The first-order valence-electron chi connectivity index (χ1n) is 9.94. The fourth-order valence-corrected chi connectivity index (χ4v) is 4.33. The molecule has 0 aliphatic heterocycles. The number of benzene rings is 2. The molecular weight excluding hydrogens is 338 g/mol. The molecule has 2 aromatic carbocycles. The largest absolute Gasteiger partial charge is 0.497 e. The minimum absolute atomic E-state index is 0.0560. The van der Waals surface area contributed by atoms with Gasteiger partial charge in [0.15, 0.2) is 6.61 Å². The van der Waals surface area contributed by atoms with E-state index in [1.807, 2.05) is 18.2 Å². The maximum Gasteiger partial charge on any atom is 0.258 e. The summed E-state index contributed by atoms with van der Waals surface area (Å²) in [4.78, 5) is 12.5. The fourth-order valence-electron chi connectivity index (χ4n) is 4.33. The third-order valence-electron chi connectivity index (χ3n) is 5.71. The molecule has 1 atom stereocenters. The molecule has 4 nitrogen and oxygen atoms in total. The topological polar surface area (TPSA) is 47.6 Å². The number of carbonyl (C=O) groups is 1. The van der Waals surface area contributed by atoms with Crippen molar-refractivity contribution in [2.24, 2.45) is 0 Å². The van der Waals surface area contributed by atoms with Crippen molar-refractivity contribution in [2.45, 2.75) is 51.0 Å². The number of carbonyl (C=O) groups excluding carboxylic acids is 1. The SMILES string of the molecule is COc1ccc2c(c1)CCCC2NC(=O)COc1cccc2c1CCCC2. The number of methoxy groups -OCH3 is 1. The van der Waals surface area contributed by atoms with E-state index in [1.165, 1.54) is 35.1 Å². The molecule has 142 valence electrons. The van der Waals surface area contributed by atoms with Crippen LogP contribution in [0.4, 0.5) is 0 Å². The van der Waals surface area contributed by atoms with Crippen LogP contribution in [-0.2, 0) is 24.1 Å². The summed E-state index contributed by atoms with van der Waals surface area (Å²) in [5, 5.41) is 3.16. The first-order chi connectivity index (χ1) is 13.2. The second kappa shape index (κ2) is 8.03. The van der Waals surface area contributed by atoms with Crippen LogP contribution < -0.4 is 14.8 Å². The Labute approximate surface area is 160 Å². The van der Waals surface area contributed by atoms with Crippen molar-refractivity contribution in [1.82, 2.24) is 5.32 Å². The Bertz CT molecular complexity index is 830. The van der Waals surface area contributed by atoms with Crippen molar-refractivity contribution in [2.75, 3.05) is 13.7 Å². The van der Waals surface area contributed by atoms with Gasteiger partial charge >= 0.3 is 0 Å². The van der Waals surface area contributed by atoms with E-state index in [2.05, 4.69) is 23.5 Å². The Kier molecular flexibility index (Phi) is 5.33. The molecule has 0 saturated carbocycles. The van der Waals surface area contributed by atoms with Crippen LogP contribution in [0, 0.1) is 0 Å². The van der Waals surface area contributed by atoms with E-state index in [4.69, 9.17) is 9.47 Å². The van der Waals surface area contributed by atoms with Crippen molar-refractivity contribution in [3.05, 3.63) is 58.7 Å². The lowest BCUT2D eigenvalue weighted by Crippen LogP contribution is -2.34. The Morgan fingerprint density at radius 1 is 1.07 bits per heavy atom. The van der Waals surface area contributed by atoms with Gasteiger partial charge in [-0.3, -0.25) is 4.79 Å². The van der Waals surface area contributed by atoms with E-state index in [9.17, 15) is 4.79 Å². The molecule has 0 heterocycles. The zero-order valence-corrected chi connectivity index (χ0v) is 15.9. The second-order valence-corrected chi connectivity index (χ2v) is 7.47. The van der Waals surface area contributed by atoms with Gasteiger partial charge in [0.1, 0.15) is 11.5 Å². The maximum absolute atomic E-state index is 12.5. The summed E-state index contributed by atoms with van der Waals surface area (Å²) in [7, 11) is 1.68. The van der Waals surface area contributed by atoms with E-state index < -0.39 is 0 Å². The maximum atomic E-state index is 12.5. The smallest absolute Gasteiger partial charge is 0.258 e. The van der Waals surface area contributed by atoms with Gasteiger partial charge in [-0.05, 0) is 85.4 Å². The molecule has 0 aromatic heterocycles. The Morgan fingerprint density at radius 3 is 2.81 bits per heavy atom. The molecule has 2 aliphatic carbocycles. The molecule has 0 spiro atoms. The van der Waals surface area contributed by atoms with E-state index in [0.717, 1.165) is 43.6 Å². The lowest BCUT2D eigenvalue weighted by molar-refractivity contribution is -0.124. The monoisotopic (exact) mass is 365 g/mol. The molecule has 1 amide bonds. The number of hydrogen-bond acceptors (Lipinski definition) is 3. The second-order valence-electron chi connectivity index (χ2n) is 7.47. The number of nitrogens with one attached hydrogen (secondary N) is 1. The van der Waals surface area contributed by atoms with Gasteiger partial charge in [-0.25, -0.2) is 0 Å². The highest BCUT2D eigenvalue weighted by Gasteiger charge is 2.23. The summed E-state index contributed by atoms with van der Waals surface area (Å²) in [6.07, 6.45) is 7.66. The van der Waals surface area contributed by atoms with Gasteiger partial charge in [-0.15, -0.1) is 0 Å². The third-order valence-corrected chi connectivity index (χ3v) is 5.71. The average molecular weight is 365 g/mol. The molecule has 27 heavy (non-hydrogen) atoms. The van der Waals surface area contributed by atoms with E-state index >= 15 is 0 Å². The van der Waals surface area contributed by atoms with Gasteiger partial charge in [0, 0.05) is 0 Å². The van der Waals surface area contributed by atoms with Crippen LogP contribution in [0.15, 0.2) is 36.4 Å². The fraction of sp³-hybridized carbons (Fsp3) is 0.435. The first kappa shape index (κ1) is 17.9. The quantitative estimate of drug-likeness (QED) is 0.866. The molecule has 2 aromatic rings. The van der Waals surface area contributed by atoms with Gasteiger partial charge in [-0.2, -0.15) is 0 Å². The van der Waals surface area contributed by atoms with Crippen LogP contribution >= 0.6 is 0 Å². The molecule has 0 radical (unpaired) electrons. The third kappa shape index (κ3) is 3.95. The average Bonchev–Trinajstić information content (AvgIpc) is 2.72. The highest BCUT2D eigenvalue weighted by atomic mass is 16.5. The van der Waals surface area contributed by atoms with Crippen molar-refractivity contribution in [3.63, 3.8) is 0 Å². The standard InChI is InChI=1S/C23H27NO3/c1-26-18-12-13-19-17(14-18)8-4-10-21(19)24-23(25)15-27-22-11-5-7-16-6-2-3-9-20(16)22/h5,7,11-14,21H,2-4,6,8-10,15H2,1H3,(H,24,25). The normalized spacial score (nSPS) is 18.2. The van der Waals surface area contributed by atoms with Crippen LogP contribution in [0.2, 0.25) is 0 Å². The van der Waals surface area contributed by atoms with Crippen LogP contribution in [0.1, 0.15) is 54.0 Å². The molecule has 1 unspecified atom stereocenters. The van der Waals surface area contributed by atoms with Crippen LogP contribution in [0.5, 0.6) is 11.5 Å². The van der Waals surface area contributed by atoms with Crippen LogP contribution in [0.3, 0.4) is 0 Å². The summed E-state index contributed by atoms with van der Waals surface area (Å²) in [6, 6.07) is 12.4. The summed E-state index contributed by atoms with van der Waals surface area (Å²) in [6.45, 7) is 0.0679. The summed E-state index contributed by atoms with van der Waals surface area (Å²) in [5.41, 5.74) is 5.12. The van der Waals surface area contributed by atoms with Crippen molar-refractivity contribution < 1.29 is 14.3 Å². The summed E-state index contributed by atoms with van der Waals surface area (Å²) < 4.78 is 11.2. The molecule has 0 fully saturated rings. The number of aryl methyl sites for hydroxylation is 2. The highest BCUT2D eigenvalue weighted by Crippen LogP contribution is 2.32. The van der Waals surface area contributed by atoms with Crippen molar-refractivity contribution in [3.8, 4) is 11.5 Å². The molecule has 0 bridgehead atoms. The molecule has 0 saturated heterocycles. The lowest BCUT2D eigenvalue weighted by Gasteiger charge is -2.27. The Hall–Kier alpha value is -2.49. The number of hydrogen-bond donors (Lipinski definition) is 1. The number of ether oxygens (including phenoxy) is 2. The van der Waals surface area contributed by atoms with Crippen molar-refractivity contribution >= 4 is 5.91 Å². The van der Waals surface area contributed by atoms with Gasteiger partial charge in [0.2, 0.25) is 0 Å². The molecule has 1 N–H and O–H groups in total. The van der Waals surface area contributed by atoms with E-state index in [0.29, 0.717) is 0 Å². The summed E-state index contributed by atoms with van der Waals surface area (Å²) >= 11 is 0. The Morgan fingerprint density at radius 2 is 1.93 bits per heavy atom. The van der Waals surface area contributed by atoms with E-state index in [1.54, 1.807) is 7.11 Å². The van der Waals surface area contributed by atoms with E-state index in [-0.39, 0.29) is 18.6 Å². The molecular formula is C23H27NO3. The minimum atomic E-state index is -0.0583. The van der Waals surface area contributed by atoms with Gasteiger partial charge in [0.25, 0.3) is 5.91 Å². The van der Waals surface area contributed by atoms with Crippen LogP contribution in [-0.4, -0.2) is 19.6 Å². The number of fused-ring (bicyclic) bond motifs is 2.